The average Bonchev–Trinajstić information content (AvgIpc) is 2.78. The smallest absolute Gasteiger partial charge is 0.362 e. The first-order valence-electron chi connectivity index (χ1n) is 15.7. The Morgan fingerprint density at radius 2 is 0.971 bits per heavy atom. The van der Waals surface area contributed by atoms with Gasteiger partial charge in [-0.1, -0.05) is 116 Å². The number of carboxylic acids is 1. The summed E-state index contributed by atoms with van der Waals surface area (Å²) in [5.74, 6) is -0.595. The van der Waals surface area contributed by atoms with E-state index in [2.05, 4.69) is 41.7 Å². The summed E-state index contributed by atoms with van der Waals surface area (Å²) in [4.78, 5) is 12.4. The number of quaternary nitrogens is 1. The Hall–Kier alpha value is -0.570. The van der Waals surface area contributed by atoms with Gasteiger partial charge in [0.15, 0.2) is 6.04 Å². The first kappa shape index (κ1) is 32.5. The van der Waals surface area contributed by atoms with Crippen molar-refractivity contribution in [3.05, 3.63) is 0 Å². The van der Waals surface area contributed by atoms with E-state index < -0.39 is 5.97 Å². The number of carboxylic acid groups (broad SMARTS) is 1. The van der Waals surface area contributed by atoms with E-state index in [4.69, 9.17) is 0 Å². The maximum absolute atomic E-state index is 12.4. The Balaban J connectivity index is 2.10. The molecule has 1 unspecified atom stereocenters. The summed E-state index contributed by atoms with van der Waals surface area (Å²) in [5.41, 5.74) is 0.0259. The molecule has 1 atom stereocenters. The Morgan fingerprint density at radius 3 is 1.29 bits per heavy atom. The predicted octanol–water partition coefficient (Wildman–Crippen LogP) is 10.1. The van der Waals surface area contributed by atoms with Gasteiger partial charge in [0.25, 0.3) is 0 Å². The highest BCUT2D eigenvalue weighted by atomic mass is 16.4. The van der Waals surface area contributed by atoms with Gasteiger partial charge in [-0.05, 0) is 40.5 Å². The van der Waals surface area contributed by atoms with Crippen LogP contribution in [0.4, 0.5) is 0 Å². The number of nitrogens with zero attached hydrogens (tertiary/aromatic N) is 1. The molecule has 0 aromatic heterocycles. The number of likely N-dealkylation sites (tertiary alicyclic amines) is 1. The van der Waals surface area contributed by atoms with Gasteiger partial charge >= 0.3 is 5.97 Å². The van der Waals surface area contributed by atoms with Crippen molar-refractivity contribution in [1.29, 1.82) is 0 Å². The number of hydrogen-bond donors (Lipinski definition) is 1. The van der Waals surface area contributed by atoms with Crippen LogP contribution in [0.25, 0.3) is 0 Å². The number of aliphatic carboxylic acids is 1. The highest BCUT2D eigenvalue weighted by molar-refractivity contribution is 5.72. The summed E-state index contributed by atoms with van der Waals surface area (Å²) in [6, 6.07) is -0.290. The molecule has 0 aliphatic carbocycles. The van der Waals surface area contributed by atoms with Crippen LogP contribution in [0.15, 0.2) is 0 Å². The monoisotopic (exact) mass is 494 g/mol. The molecule has 1 rings (SSSR count). The molecule has 0 bridgehead atoms. The molecule has 208 valence electrons. The SMILES string of the molecule is CCCCCCCCCCCCCCCCCCCCC(C(=O)O)[N+]1(C)C(C)(C)CCCC1(C)C. The summed E-state index contributed by atoms with van der Waals surface area (Å²) >= 11 is 0. The second-order valence-electron chi connectivity index (χ2n) is 13.2. The molecule has 0 spiro atoms. The molecule has 1 saturated heterocycles. The van der Waals surface area contributed by atoms with Crippen molar-refractivity contribution < 1.29 is 14.4 Å². The molecule has 1 heterocycles. The first-order valence-corrected chi connectivity index (χ1v) is 15.7. The van der Waals surface area contributed by atoms with E-state index in [1.54, 1.807) is 0 Å². The number of likely N-dealkylation sites (N-methyl/N-ethyl adjacent to an activating group) is 1. The van der Waals surface area contributed by atoms with E-state index in [1.807, 2.05) is 0 Å². The van der Waals surface area contributed by atoms with E-state index in [9.17, 15) is 9.90 Å². The second kappa shape index (κ2) is 17.0. The van der Waals surface area contributed by atoms with Gasteiger partial charge in [0.1, 0.15) is 0 Å². The van der Waals surface area contributed by atoms with Gasteiger partial charge < -0.3 is 9.59 Å². The van der Waals surface area contributed by atoms with Gasteiger partial charge in [-0.25, -0.2) is 4.79 Å². The van der Waals surface area contributed by atoms with Crippen LogP contribution in [0.2, 0.25) is 0 Å². The lowest BCUT2D eigenvalue weighted by Gasteiger charge is -2.62. The third-order valence-corrected chi connectivity index (χ3v) is 9.83. The number of rotatable bonds is 21. The minimum Gasteiger partial charge on any atom is -0.477 e. The van der Waals surface area contributed by atoms with E-state index in [-0.39, 0.29) is 17.1 Å². The topological polar surface area (TPSA) is 37.3 Å². The van der Waals surface area contributed by atoms with E-state index in [0.29, 0.717) is 4.48 Å². The summed E-state index contributed by atoms with van der Waals surface area (Å²) in [7, 11) is 2.23. The molecule has 1 aliphatic rings. The molecule has 1 fully saturated rings. The molecular formula is C32H64NO2+. The average molecular weight is 495 g/mol. The van der Waals surface area contributed by atoms with E-state index in [0.717, 1.165) is 25.7 Å². The highest BCUT2D eigenvalue weighted by Crippen LogP contribution is 2.47. The fraction of sp³-hybridized carbons (Fsp3) is 0.969. The number of carbonyl (C=O) groups is 1. The fourth-order valence-corrected chi connectivity index (χ4v) is 6.92. The molecule has 0 aromatic carbocycles. The number of hydrogen-bond acceptors (Lipinski definition) is 1. The molecule has 3 nitrogen and oxygen atoms in total. The zero-order chi connectivity index (χ0) is 26.2. The number of piperidine rings is 1. The Labute approximate surface area is 220 Å². The molecule has 1 N–H and O–H groups in total. The zero-order valence-electron chi connectivity index (χ0n) is 24.9. The molecule has 0 saturated carbocycles. The predicted molar refractivity (Wildman–Crippen MR) is 153 cm³/mol. The fourth-order valence-electron chi connectivity index (χ4n) is 6.92. The zero-order valence-corrected chi connectivity index (χ0v) is 24.9. The first-order chi connectivity index (χ1) is 16.6. The molecule has 0 aromatic rings. The lowest BCUT2D eigenvalue weighted by Crippen LogP contribution is -2.76. The van der Waals surface area contributed by atoms with Crippen LogP contribution in [-0.4, -0.2) is 39.7 Å². The second-order valence-corrected chi connectivity index (χ2v) is 13.2. The third-order valence-electron chi connectivity index (χ3n) is 9.83. The van der Waals surface area contributed by atoms with Gasteiger partial charge in [-0.3, -0.25) is 0 Å². The Morgan fingerprint density at radius 1 is 0.657 bits per heavy atom. The van der Waals surface area contributed by atoms with Gasteiger partial charge in [0.05, 0.1) is 18.1 Å². The van der Waals surface area contributed by atoms with Crippen molar-refractivity contribution >= 4 is 5.97 Å². The highest BCUT2D eigenvalue weighted by Gasteiger charge is 2.59. The largest absolute Gasteiger partial charge is 0.477 e. The lowest BCUT2D eigenvalue weighted by atomic mass is 9.74. The summed E-state index contributed by atoms with van der Waals surface area (Å²) in [5, 5.41) is 10.2. The van der Waals surface area contributed by atoms with Crippen LogP contribution < -0.4 is 0 Å². The van der Waals surface area contributed by atoms with Gasteiger partial charge in [-0.2, -0.15) is 0 Å². The molecule has 35 heavy (non-hydrogen) atoms. The molecular weight excluding hydrogens is 430 g/mol. The maximum Gasteiger partial charge on any atom is 0.362 e. The van der Waals surface area contributed by atoms with E-state index >= 15 is 0 Å². The molecule has 0 radical (unpaired) electrons. The van der Waals surface area contributed by atoms with Gasteiger partial charge in [-0.15, -0.1) is 0 Å². The van der Waals surface area contributed by atoms with Crippen molar-refractivity contribution in [2.75, 3.05) is 7.05 Å². The van der Waals surface area contributed by atoms with Crippen molar-refractivity contribution in [3.8, 4) is 0 Å². The molecule has 1 aliphatic heterocycles. The quantitative estimate of drug-likeness (QED) is 0.127. The normalized spacial score (nSPS) is 19.5. The van der Waals surface area contributed by atoms with Gasteiger partial charge in [0.2, 0.25) is 0 Å². The van der Waals surface area contributed by atoms with Crippen LogP contribution in [0, 0.1) is 0 Å². The lowest BCUT2D eigenvalue weighted by molar-refractivity contribution is -1.02. The van der Waals surface area contributed by atoms with Crippen LogP contribution >= 0.6 is 0 Å². The third kappa shape index (κ3) is 10.7. The molecule has 3 heteroatoms. The summed E-state index contributed by atoms with van der Waals surface area (Å²) in [6.07, 6.45) is 28.9. The van der Waals surface area contributed by atoms with Crippen molar-refractivity contribution in [2.24, 2.45) is 0 Å². The minimum absolute atomic E-state index is 0.0129. The summed E-state index contributed by atoms with van der Waals surface area (Å²) in [6.45, 7) is 11.5. The standard InChI is InChI=1S/C32H63NO2/c1-7-8-9-10-11-12-13-14-15-16-17-18-19-20-21-22-23-24-26-29(30(34)35)33(6)31(2,3)27-25-28-32(33,4)5/h29H,7-28H2,1-6H3/p+1. The number of unbranched alkanes of at least 4 members (excludes halogenated alkanes) is 17. The summed E-state index contributed by atoms with van der Waals surface area (Å²) < 4.78 is 0.675. The van der Waals surface area contributed by atoms with Crippen LogP contribution in [0.3, 0.4) is 0 Å². The van der Waals surface area contributed by atoms with Crippen molar-refractivity contribution in [2.45, 2.75) is 193 Å². The van der Waals surface area contributed by atoms with Crippen LogP contribution in [0.5, 0.6) is 0 Å². The van der Waals surface area contributed by atoms with E-state index in [1.165, 1.54) is 116 Å². The van der Waals surface area contributed by atoms with Crippen LogP contribution in [0.1, 0.15) is 176 Å². The maximum atomic E-state index is 12.4. The minimum atomic E-state index is -0.595. The Bertz CT molecular complexity index is 538. The van der Waals surface area contributed by atoms with Crippen molar-refractivity contribution in [3.63, 3.8) is 0 Å². The van der Waals surface area contributed by atoms with Gasteiger partial charge in [0, 0.05) is 19.3 Å². The Kier molecular flexibility index (Phi) is 15.8. The van der Waals surface area contributed by atoms with Crippen LogP contribution in [-0.2, 0) is 4.79 Å². The molecule has 0 amide bonds. The van der Waals surface area contributed by atoms with Crippen molar-refractivity contribution in [1.82, 2.24) is 0 Å².